The van der Waals surface area contributed by atoms with Crippen molar-refractivity contribution in [3.63, 3.8) is 0 Å². The highest BCUT2D eigenvalue weighted by Crippen LogP contribution is 2.31. The number of pyridine rings is 1. The second-order valence-electron chi connectivity index (χ2n) is 8.53. The Balaban J connectivity index is 1.57. The minimum atomic E-state index is -0.711. The number of carbonyl (C=O) groups is 2. The number of fused-ring (bicyclic) bond motifs is 1. The molecule has 0 amide bonds. The largest absolute Gasteiger partial charge is 0.465 e. The summed E-state index contributed by atoms with van der Waals surface area (Å²) >= 11 is 1.45. The third-order valence-corrected chi connectivity index (χ3v) is 6.81. The van der Waals surface area contributed by atoms with E-state index in [0.29, 0.717) is 34.6 Å². The highest BCUT2D eigenvalue weighted by molar-refractivity contribution is 7.08. The Bertz CT molecular complexity index is 1710. The molecule has 0 spiro atoms. The van der Waals surface area contributed by atoms with Gasteiger partial charge in [-0.3, -0.25) is 9.78 Å². The van der Waals surface area contributed by atoms with E-state index in [1.165, 1.54) is 23.1 Å². The molecule has 0 fully saturated rings. The number of aromatic nitrogens is 3. The number of thiophene rings is 1. The number of benzene rings is 2. The van der Waals surface area contributed by atoms with Crippen LogP contribution in [0.2, 0.25) is 0 Å². The van der Waals surface area contributed by atoms with Crippen LogP contribution in [0.3, 0.4) is 0 Å². The number of anilines is 2. The molecule has 2 aromatic carbocycles. The minimum absolute atomic E-state index is 0.0298. The first kappa shape index (κ1) is 25.8. The first-order valence-electron chi connectivity index (χ1n) is 12.1. The van der Waals surface area contributed by atoms with E-state index in [4.69, 9.17) is 9.47 Å². The van der Waals surface area contributed by atoms with E-state index in [-0.39, 0.29) is 17.9 Å². The molecule has 9 nitrogen and oxygen atoms in total. The van der Waals surface area contributed by atoms with Gasteiger partial charge in [0.15, 0.2) is 0 Å². The molecule has 0 atom stereocenters. The van der Waals surface area contributed by atoms with Crippen LogP contribution < -0.4 is 10.9 Å². The van der Waals surface area contributed by atoms with E-state index in [0.717, 1.165) is 10.8 Å². The molecule has 1 N–H and O–H groups in total. The molecule has 196 valence electrons. The second-order valence-corrected chi connectivity index (χ2v) is 9.31. The highest BCUT2D eigenvalue weighted by Gasteiger charge is 2.26. The van der Waals surface area contributed by atoms with Crippen molar-refractivity contribution >= 4 is 45.4 Å². The van der Waals surface area contributed by atoms with Gasteiger partial charge in [-0.1, -0.05) is 36.4 Å². The molecule has 0 radical (unpaired) electrons. The van der Waals surface area contributed by atoms with Gasteiger partial charge in [-0.2, -0.15) is 16.4 Å². The normalized spacial score (nSPS) is 10.8. The lowest BCUT2D eigenvalue weighted by Crippen LogP contribution is -2.29. The Morgan fingerprint density at radius 1 is 1.03 bits per heavy atom. The summed E-state index contributed by atoms with van der Waals surface area (Å²) in [5.41, 5.74) is 2.27. The molecule has 0 aliphatic rings. The number of hydrogen-bond acceptors (Lipinski definition) is 9. The first-order chi connectivity index (χ1) is 19.0. The van der Waals surface area contributed by atoms with Crippen LogP contribution in [0.15, 0.2) is 82.5 Å². The number of methoxy groups -OCH3 is 1. The summed E-state index contributed by atoms with van der Waals surface area (Å²) in [6.07, 6.45) is 3.34. The van der Waals surface area contributed by atoms with E-state index >= 15 is 0 Å². The van der Waals surface area contributed by atoms with Gasteiger partial charge in [0.25, 0.3) is 5.56 Å². The van der Waals surface area contributed by atoms with Gasteiger partial charge in [0, 0.05) is 34.5 Å². The maximum atomic E-state index is 13.6. The quantitative estimate of drug-likeness (QED) is 0.260. The van der Waals surface area contributed by atoms with Gasteiger partial charge < -0.3 is 14.8 Å². The molecule has 5 aromatic rings. The summed E-state index contributed by atoms with van der Waals surface area (Å²) < 4.78 is 11.7. The van der Waals surface area contributed by atoms with Gasteiger partial charge in [-0.05, 0) is 36.1 Å². The number of carbonyl (C=O) groups excluding carboxylic acids is 2. The molecule has 0 aliphatic heterocycles. The average Bonchev–Trinajstić information content (AvgIpc) is 3.52. The summed E-state index contributed by atoms with van der Waals surface area (Å²) in [7, 11) is 1.31. The predicted molar refractivity (Wildman–Crippen MR) is 149 cm³/mol. The Kier molecular flexibility index (Phi) is 7.46. The lowest BCUT2D eigenvalue weighted by molar-refractivity contribution is 0.0472. The van der Waals surface area contributed by atoms with Crippen LogP contribution in [-0.4, -0.2) is 33.8 Å². The van der Waals surface area contributed by atoms with E-state index in [9.17, 15) is 14.4 Å². The average molecular weight is 541 g/mol. The minimum Gasteiger partial charge on any atom is -0.465 e. The van der Waals surface area contributed by atoms with Crippen molar-refractivity contribution in [1.29, 1.82) is 0 Å². The van der Waals surface area contributed by atoms with Gasteiger partial charge in [-0.25, -0.2) is 14.3 Å². The van der Waals surface area contributed by atoms with Crippen molar-refractivity contribution in [1.82, 2.24) is 14.8 Å². The summed E-state index contributed by atoms with van der Waals surface area (Å²) in [5, 5.41) is 13.2. The maximum Gasteiger partial charge on any atom is 0.343 e. The fourth-order valence-electron chi connectivity index (χ4n) is 4.13. The topological polar surface area (TPSA) is 112 Å². The molecule has 3 aromatic heterocycles. The van der Waals surface area contributed by atoms with E-state index in [2.05, 4.69) is 15.4 Å². The van der Waals surface area contributed by atoms with Crippen molar-refractivity contribution < 1.29 is 19.1 Å². The van der Waals surface area contributed by atoms with Crippen LogP contribution in [0.5, 0.6) is 0 Å². The number of hydrogen-bond donors (Lipinski definition) is 1. The summed E-state index contributed by atoms with van der Waals surface area (Å²) in [6, 6.07) is 16.0. The maximum absolute atomic E-state index is 13.6. The van der Waals surface area contributed by atoms with Crippen molar-refractivity contribution in [3.05, 3.63) is 105 Å². The van der Waals surface area contributed by atoms with E-state index in [1.807, 2.05) is 48.0 Å². The molecular weight excluding hydrogens is 516 g/mol. The Labute approximate surface area is 227 Å². The van der Waals surface area contributed by atoms with Gasteiger partial charge in [-0.15, -0.1) is 0 Å². The predicted octanol–water partition coefficient (Wildman–Crippen LogP) is 5.43. The Hall–Kier alpha value is -4.83. The number of rotatable bonds is 8. The zero-order valence-corrected chi connectivity index (χ0v) is 22.0. The van der Waals surface area contributed by atoms with Crippen LogP contribution in [-0.2, 0) is 22.6 Å². The van der Waals surface area contributed by atoms with Crippen LogP contribution in [0.25, 0.3) is 22.0 Å². The van der Waals surface area contributed by atoms with Crippen LogP contribution >= 0.6 is 11.3 Å². The molecular formula is C29H24N4O5S. The van der Waals surface area contributed by atoms with Gasteiger partial charge in [0.1, 0.15) is 23.6 Å². The lowest BCUT2D eigenvalue weighted by atomic mass is 10.1. The molecule has 0 saturated carbocycles. The third kappa shape index (κ3) is 5.27. The number of ether oxygens (including phenoxy) is 2. The van der Waals surface area contributed by atoms with E-state index in [1.54, 1.807) is 36.7 Å². The molecule has 0 bridgehead atoms. The van der Waals surface area contributed by atoms with Crippen LogP contribution in [0, 0.1) is 0 Å². The van der Waals surface area contributed by atoms with Crippen molar-refractivity contribution in [2.45, 2.75) is 20.1 Å². The molecule has 10 heteroatoms. The zero-order valence-electron chi connectivity index (χ0n) is 21.2. The lowest BCUT2D eigenvalue weighted by Gasteiger charge is -2.17. The number of esters is 2. The monoisotopic (exact) mass is 540 g/mol. The van der Waals surface area contributed by atoms with Crippen molar-refractivity contribution in [2.24, 2.45) is 0 Å². The Morgan fingerprint density at radius 3 is 2.54 bits per heavy atom. The van der Waals surface area contributed by atoms with Crippen LogP contribution in [0.4, 0.5) is 11.4 Å². The molecule has 5 rings (SSSR count). The molecule has 39 heavy (non-hydrogen) atoms. The summed E-state index contributed by atoms with van der Waals surface area (Å²) in [4.78, 5) is 43.2. The van der Waals surface area contributed by atoms with Crippen molar-refractivity contribution in [3.8, 4) is 11.3 Å². The zero-order chi connectivity index (χ0) is 27.4. The molecule has 0 unspecified atom stereocenters. The van der Waals surface area contributed by atoms with E-state index < -0.39 is 17.5 Å². The highest BCUT2D eigenvalue weighted by atomic mass is 32.1. The number of nitrogens with zero attached hydrogens (tertiary/aromatic N) is 3. The fourth-order valence-corrected chi connectivity index (χ4v) is 4.77. The molecule has 0 saturated heterocycles. The van der Waals surface area contributed by atoms with Crippen molar-refractivity contribution in [2.75, 3.05) is 12.4 Å². The number of aryl methyl sites for hydroxylation is 1. The first-order valence-corrected chi connectivity index (χ1v) is 13.1. The summed E-state index contributed by atoms with van der Waals surface area (Å²) in [5.74, 6) is -1.17. The number of nitrogens with one attached hydrogen (secondary N) is 1. The smallest absolute Gasteiger partial charge is 0.343 e. The van der Waals surface area contributed by atoms with Crippen LogP contribution in [0.1, 0.15) is 33.2 Å². The molecule has 3 heterocycles. The SMILES string of the molecule is CCn1nc(-c2ccsc2)c(C(=O)OCc2ccc(C(=O)OC)cc2)c(Nc2cncc3ccccc23)c1=O. The van der Waals surface area contributed by atoms with Gasteiger partial charge in [0.2, 0.25) is 0 Å². The van der Waals surface area contributed by atoms with Gasteiger partial charge in [0.05, 0.1) is 24.6 Å². The second kappa shape index (κ2) is 11.3. The third-order valence-electron chi connectivity index (χ3n) is 6.13. The Morgan fingerprint density at radius 2 is 1.82 bits per heavy atom. The van der Waals surface area contributed by atoms with Gasteiger partial charge >= 0.3 is 11.9 Å². The molecule has 0 aliphatic carbocycles. The summed E-state index contributed by atoms with van der Waals surface area (Å²) in [6.45, 7) is 2.04. The standard InChI is InChI=1S/C29H24N4O5S/c1-3-33-27(34)26(31-23-15-30-14-20-6-4-5-7-22(20)23)24(25(32-33)21-12-13-39-17-21)29(36)38-16-18-8-10-19(11-9-18)28(35)37-2/h4-15,17,31H,3,16H2,1-2H3. The fraction of sp³-hybridized carbons (Fsp3) is 0.138.